The van der Waals surface area contributed by atoms with Crippen molar-refractivity contribution in [3.63, 3.8) is 0 Å². The number of methoxy groups -OCH3 is 1. The second kappa shape index (κ2) is 6.62. The van der Waals surface area contributed by atoms with E-state index in [1.165, 1.54) is 0 Å². The minimum Gasteiger partial charge on any atom is -0.481 e. The van der Waals surface area contributed by atoms with Crippen LogP contribution in [0.3, 0.4) is 0 Å². The molecule has 0 aliphatic heterocycles. The minimum atomic E-state index is -0.0189. The SMILES string of the molecule is CCC(CO)Nc1ccc2ncc(-c3ccc(OC)nc3)n2n1. The van der Waals surface area contributed by atoms with Gasteiger partial charge in [0.25, 0.3) is 0 Å². The summed E-state index contributed by atoms with van der Waals surface area (Å²) in [4.78, 5) is 8.58. The Morgan fingerprint density at radius 3 is 2.74 bits per heavy atom. The molecule has 0 fully saturated rings. The van der Waals surface area contributed by atoms with Gasteiger partial charge in [0, 0.05) is 17.8 Å². The van der Waals surface area contributed by atoms with E-state index in [1.54, 1.807) is 30.1 Å². The molecule has 23 heavy (non-hydrogen) atoms. The summed E-state index contributed by atoms with van der Waals surface area (Å²) in [5.74, 6) is 1.26. The number of fused-ring (bicyclic) bond motifs is 1. The summed E-state index contributed by atoms with van der Waals surface area (Å²) in [6.45, 7) is 2.08. The molecule has 3 heterocycles. The van der Waals surface area contributed by atoms with Gasteiger partial charge in [0.15, 0.2) is 5.65 Å². The van der Waals surface area contributed by atoms with Crippen molar-refractivity contribution in [3.05, 3.63) is 36.7 Å². The molecule has 3 aromatic heterocycles. The van der Waals surface area contributed by atoms with Crippen LogP contribution in [0.2, 0.25) is 0 Å². The van der Waals surface area contributed by atoms with Gasteiger partial charge in [-0.25, -0.2) is 14.5 Å². The fourth-order valence-electron chi connectivity index (χ4n) is 2.29. The molecule has 0 bridgehead atoms. The van der Waals surface area contributed by atoms with Crippen LogP contribution in [0.5, 0.6) is 5.88 Å². The van der Waals surface area contributed by atoms with Crippen LogP contribution in [0.15, 0.2) is 36.7 Å². The number of rotatable bonds is 6. The summed E-state index contributed by atoms with van der Waals surface area (Å²) in [6.07, 6.45) is 4.31. The number of anilines is 1. The summed E-state index contributed by atoms with van der Waals surface area (Å²) >= 11 is 0. The Bertz CT molecular complexity index is 781. The zero-order valence-electron chi connectivity index (χ0n) is 13.1. The highest BCUT2D eigenvalue weighted by molar-refractivity contribution is 5.63. The highest BCUT2D eigenvalue weighted by atomic mass is 16.5. The fraction of sp³-hybridized carbons (Fsp3) is 0.312. The van der Waals surface area contributed by atoms with Crippen molar-refractivity contribution in [1.82, 2.24) is 19.6 Å². The average molecular weight is 313 g/mol. The number of hydrogen-bond donors (Lipinski definition) is 2. The Morgan fingerprint density at radius 2 is 2.09 bits per heavy atom. The lowest BCUT2D eigenvalue weighted by atomic mass is 10.2. The number of ether oxygens (including phenoxy) is 1. The Hall–Kier alpha value is -2.67. The first-order valence-electron chi connectivity index (χ1n) is 7.47. The van der Waals surface area contributed by atoms with Gasteiger partial charge in [-0.3, -0.25) is 0 Å². The maximum atomic E-state index is 9.31. The third-order valence-electron chi connectivity index (χ3n) is 3.67. The average Bonchev–Trinajstić information content (AvgIpc) is 3.03. The van der Waals surface area contributed by atoms with E-state index >= 15 is 0 Å². The maximum absolute atomic E-state index is 9.31. The summed E-state index contributed by atoms with van der Waals surface area (Å²) < 4.78 is 6.84. The molecule has 0 aliphatic rings. The molecule has 0 saturated heterocycles. The van der Waals surface area contributed by atoms with Crippen LogP contribution in [0.25, 0.3) is 16.9 Å². The summed E-state index contributed by atoms with van der Waals surface area (Å²) in [5.41, 5.74) is 2.49. The molecular formula is C16H19N5O2. The molecule has 3 aromatic rings. The van der Waals surface area contributed by atoms with Crippen LogP contribution < -0.4 is 10.1 Å². The van der Waals surface area contributed by atoms with E-state index in [2.05, 4.69) is 20.4 Å². The number of hydrogen-bond acceptors (Lipinski definition) is 6. The van der Waals surface area contributed by atoms with Crippen molar-refractivity contribution in [2.45, 2.75) is 19.4 Å². The largest absolute Gasteiger partial charge is 0.481 e. The van der Waals surface area contributed by atoms with Gasteiger partial charge in [-0.15, -0.1) is 5.10 Å². The Morgan fingerprint density at radius 1 is 1.22 bits per heavy atom. The number of aromatic nitrogens is 4. The predicted molar refractivity (Wildman–Crippen MR) is 87.6 cm³/mol. The van der Waals surface area contributed by atoms with Crippen molar-refractivity contribution < 1.29 is 9.84 Å². The molecule has 0 saturated carbocycles. The topological polar surface area (TPSA) is 84.6 Å². The molecule has 0 aliphatic carbocycles. The second-order valence-corrected chi connectivity index (χ2v) is 5.15. The summed E-state index contributed by atoms with van der Waals surface area (Å²) in [6, 6.07) is 7.45. The first-order valence-corrected chi connectivity index (χ1v) is 7.47. The standard InChI is InChI=1S/C16H19N5O2/c1-3-12(10-22)19-14-5-6-15-17-9-13(21(15)20-14)11-4-7-16(23-2)18-8-11/h4-9,12,22H,3,10H2,1-2H3,(H,19,20). The van der Waals surface area contributed by atoms with Gasteiger partial charge in [0.05, 0.1) is 31.6 Å². The zero-order chi connectivity index (χ0) is 16.2. The van der Waals surface area contributed by atoms with Gasteiger partial charge < -0.3 is 15.2 Å². The van der Waals surface area contributed by atoms with Crippen molar-refractivity contribution in [3.8, 4) is 17.1 Å². The fourth-order valence-corrected chi connectivity index (χ4v) is 2.29. The number of aliphatic hydroxyl groups excluding tert-OH is 1. The van der Waals surface area contributed by atoms with Gasteiger partial charge in [0.2, 0.25) is 5.88 Å². The molecule has 3 rings (SSSR count). The van der Waals surface area contributed by atoms with Gasteiger partial charge in [-0.2, -0.15) is 0 Å². The van der Waals surface area contributed by atoms with Crippen LogP contribution >= 0.6 is 0 Å². The monoisotopic (exact) mass is 313 g/mol. The molecule has 1 atom stereocenters. The van der Waals surface area contributed by atoms with Crippen molar-refractivity contribution in [2.75, 3.05) is 19.0 Å². The molecule has 0 radical (unpaired) electrons. The van der Waals surface area contributed by atoms with Crippen molar-refractivity contribution in [2.24, 2.45) is 0 Å². The number of pyridine rings is 1. The zero-order valence-corrected chi connectivity index (χ0v) is 13.1. The van der Waals surface area contributed by atoms with Gasteiger partial charge in [-0.1, -0.05) is 6.92 Å². The van der Waals surface area contributed by atoms with Gasteiger partial charge >= 0.3 is 0 Å². The van der Waals surface area contributed by atoms with Crippen LogP contribution in [0, 0.1) is 0 Å². The highest BCUT2D eigenvalue weighted by Crippen LogP contribution is 2.21. The molecule has 0 amide bonds. The number of nitrogens with zero attached hydrogens (tertiary/aromatic N) is 4. The first-order chi connectivity index (χ1) is 11.2. The molecule has 0 aromatic carbocycles. The van der Waals surface area contributed by atoms with Crippen LogP contribution in [-0.4, -0.2) is 44.4 Å². The Balaban J connectivity index is 1.97. The van der Waals surface area contributed by atoms with Crippen LogP contribution in [0.1, 0.15) is 13.3 Å². The quantitative estimate of drug-likeness (QED) is 0.724. The minimum absolute atomic E-state index is 0.0189. The smallest absolute Gasteiger partial charge is 0.212 e. The van der Waals surface area contributed by atoms with Crippen LogP contribution in [-0.2, 0) is 0 Å². The van der Waals surface area contributed by atoms with E-state index in [4.69, 9.17) is 4.74 Å². The Kier molecular flexibility index (Phi) is 4.38. The summed E-state index contributed by atoms with van der Waals surface area (Å²) in [7, 11) is 1.58. The lowest BCUT2D eigenvalue weighted by molar-refractivity contribution is 0.271. The van der Waals surface area contributed by atoms with Gasteiger partial charge in [-0.05, 0) is 24.6 Å². The molecule has 2 N–H and O–H groups in total. The van der Waals surface area contributed by atoms with E-state index < -0.39 is 0 Å². The molecule has 1 unspecified atom stereocenters. The molecule has 7 nitrogen and oxygen atoms in total. The maximum Gasteiger partial charge on any atom is 0.212 e. The number of imidazole rings is 1. The summed E-state index contributed by atoms with van der Waals surface area (Å²) in [5, 5.41) is 17.1. The van der Waals surface area contributed by atoms with E-state index in [9.17, 15) is 5.11 Å². The van der Waals surface area contributed by atoms with Crippen molar-refractivity contribution >= 4 is 11.5 Å². The third kappa shape index (κ3) is 3.09. The number of nitrogens with one attached hydrogen (secondary N) is 1. The molecule has 120 valence electrons. The highest BCUT2D eigenvalue weighted by Gasteiger charge is 2.10. The first kappa shape index (κ1) is 15.2. The van der Waals surface area contributed by atoms with E-state index in [0.29, 0.717) is 11.7 Å². The Labute approximate surface area is 134 Å². The van der Waals surface area contributed by atoms with E-state index in [0.717, 1.165) is 23.3 Å². The van der Waals surface area contributed by atoms with E-state index in [-0.39, 0.29) is 12.6 Å². The van der Waals surface area contributed by atoms with E-state index in [1.807, 2.05) is 25.1 Å². The van der Waals surface area contributed by atoms with Crippen molar-refractivity contribution in [1.29, 1.82) is 0 Å². The lowest BCUT2D eigenvalue weighted by Crippen LogP contribution is -2.23. The van der Waals surface area contributed by atoms with Gasteiger partial charge in [0.1, 0.15) is 5.82 Å². The molecule has 7 heteroatoms. The predicted octanol–water partition coefficient (Wildman–Crippen LogP) is 1.98. The number of aliphatic hydroxyl groups is 1. The second-order valence-electron chi connectivity index (χ2n) is 5.15. The normalized spacial score (nSPS) is 12.3. The lowest BCUT2D eigenvalue weighted by Gasteiger charge is -2.14. The third-order valence-corrected chi connectivity index (χ3v) is 3.67. The molecular weight excluding hydrogens is 294 g/mol. The van der Waals surface area contributed by atoms with Crippen LogP contribution in [0.4, 0.5) is 5.82 Å². The molecule has 0 spiro atoms.